The highest BCUT2D eigenvalue weighted by atomic mass is 32.2. The van der Waals surface area contributed by atoms with E-state index in [0.29, 0.717) is 16.6 Å². The third-order valence-electron chi connectivity index (χ3n) is 3.78. The Morgan fingerprint density at radius 1 is 1.19 bits per heavy atom. The second-order valence-corrected chi connectivity index (χ2v) is 6.69. The van der Waals surface area contributed by atoms with Crippen LogP contribution >= 0.6 is 11.8 Å². The molecular weight excluding hydrogens is 351 g/mol. The molecule has 0 aliphatic carbocycles. The maximum absolute atomic E-state index is 13.2. The highest BCUT2D eigenvalue weighted by Gasteiger charge is 2.21. The molecule has 3 aromatic rings. The predicted molar refractivity (Wildman–Crippen MR) is 101 cm³/mol. The normalized spacial score (nSPS) is 15.5. The third kappa shape index (κ3) is 3.62. The number of nitrogens with one attached hydrogen (secondary N) is 1. The van der Waals surface area contributed by atoms with Gasteiger partial charge in [0.25, 0.3) is 5.91 Å². The first-order valence-electron chi connectivity index (χ1n) is 7.88. The summed E-state index contributed by atoms with van der Waals surface area (Å²) in [6.45, 7) is 0.400. The van der Waals surface area contributed by atoms with Gasteiger partial charge >= 0.3 is 0 Å². The van der Waals surface area contributed by atoms with Crippen molar-refractivity contribution in [3.63, 3.8) is 0 Å². The van der Waals surface area contributed by atoms with Gasteiger partial charge in [0.2, 0.25) is 0 Å². The van der Waals surface area contributed by atoms with Crippen molar-refractivity contribution in [3.05, 3.63) is 76.8 Å². The predicted octanol–water partition coefficient (Wildman–Crippen LogP) is 3.53. The zero-order valence-electron chi connectivity index (χ0n) is 13.5. The first-order chi connectivity index (χ1) is 12.7. The standard InChI is InChI=1S/C19H13FN4OS/c20-15-3-1-2-13(7-15)9-22-19-24-18(25)17(26-19)8-12-4-5-16-14(6-12)10-21-11-23-16/h1-8,10-11H,9H2,(H,22,24,25). The Kier molecular flexibility index (Phi) is 4.45. The summed E-state index contributed by atoms with van der Waals surface area (Å²) < 4.78 is 13.2. The molecule has 1 N–H and O–H groups in total. The Morgan fingerprint density at radius 2 is 2.12 bits per heavy atom. The van der Waals surface area contributed by atoms with Crippen LogP contribution in [-0.2, 0) is 11.3 Å². The molecule has 128 valence electrons. The van der Waals surface area contributed by atoms with Crippen LogP contribution in [0, 0.1) is 5.82 Å². The molecule has 1 amide bonds. The van der Waals surface area contributed by atoms with E-state index in [2.05, 4.69) is 20.3 Å². The number of rotatable bonds is 3. The van der Waals surface area contributed by atoms with E-state index in [1.54, 1.807) is 18.3 Å². The van der Waals surface area contributed by atoms with Crippen LogP contribution in [0.5, 0.6) is 0 Å². The summed E-state index contributed by atoms with van der Waals surface area (Å²) >= 11 is 1.27. The molecule has 0 spiro atoms. The minimum atomic E-state index is -0.291. The lowest BCUT2D eigenvalue weighted by atomic mass is 10.1. The van der Waals surface area contributed by atoms with E-state index in [9.17, 15) is 9.18 Å². The number of hydrogen-bond acceptors (Lipinski definition) is 5. The fraction of sp³-hybridized carbons (Fsp3) is 0.0526. The summed E-state index contributed by atoms with van der Waals surface area (Å²) in [5.41, 5.74) is 2.51. The van der Waals surface area contributed by atoms with Gasteiger partial charge in [-0.3, -0.25) is 4.79 Å². The molecular formula is C19H13FN4OS. The van der Waals surface area contributed by atoms with E-state index in [1.165, 1.54) is 30.2 Å². The number of nitrogens with zero attached hydrogens (tertiary/aromatic N) is 3. The smallest absolute Gasteiger partial charge is 0.286 e. The van der Waals surface area contributed by atoms with Gasteiger partial charge in [0.15, 0.2) is 5.17 Å². The van der Waals surface area contributed by atoms with Crippen molar-refractivity contribution in [2.75, 3.05) is 0 Å². The Bertz CT molecular complexity index is 1060. The molecule has 0 atom stereocenters. The van der Waals surface area contributed by atoms with Crippen LogP contribution < -0.4 is 5.32 Å². The van der Waals surface area contributed by atoms with E-state index in [0.717, 1.165) is 22.0 Å². The number of amides is 1. The molecule has 0 saturated carbocycles. The number of thioether (sulfide) groups is 1. The number of halogens is 1. The minimum Gasteiger partial charge on any atom is -0.360 e. The van der Waals surface area contributed by atoms with Crippen molar-refractivity contribution in [1.29, 1.82) is 0 Å². The molecule has 5 nitrogen and oxygen atoms in total. The Labute approximate surface area is 153 Å². The number of hydrogen-bond donors (Lipinski definition) is 1. The number of carbonyl (C=O) groups excluding carboxylic acids is 1. The minimum absolute atomic E-state index is 0.290. The maximum Gasteiger partial charge on any atom is 0.286 e. The highest BCUT2D eigenvalue weighted by molar-refractivity contribution is 8.18. The topological polar surface area (TPSA) is 67.2 Å². The Hall–Kier alpha value is -3.06. The average molecular weight is 364 g/mol. The number of fused-ring (bicyclic) bond motifs is 1. The molecule has 0 bridgehead atoms. The SMILES string of the molecule is O=C1N=C(NCc2cccc(F)c2)SC1=Cc1ccc2ncncc2c1. The van der Waals surface area contributed by atoms with Crippen molar-refractivity contribution in [3.8, 4) is 0 Å². The molecule has 7 heteroatoms. The van der Waals surface area contributed by atoms with E-state index >= 15 is 0 Å². The molecule has 2 aromatic carbocycles. The average Bonchev–Trinajstić information content (AvgIpc) is 2.99. The lowest BCUT2D eigenvalue weighted by Crippen LogP contribution is -2.18. The first-order valence-corrected chi connectivity index (χ1v) is 8.70. The first kappa shape index (κ1) is 16.4. The molecule has 0 radical (unpaired) electrons. The largest absolute Gasteiger partial charge is 0.360 e. The zero-order valence-corrected chi connectivity index (χ0v) is 14.3. The fourth-order valence-electron chi connectivity index (χ4n) is 2.55. The number of benzene rings is 2. The van der Waals surface area contributed by atoms with Crippen molar-refractivity contribution >= 4 is 39.8 Å². The Morgan fingerprint density at radius 3 is 3.00 bits per heavy atom. The number of carbonyl (C=O) groups is 1. The molecule has 4 rings (SSSR count). The highest BCUT2D eigenvalue weighted by Crippen LogP contribution is 2.28. The van der Waals surface area contributed by atoms with Crippen LogP contribution in [0.15, 0.2) is 64.9 Å². The summed E-state index contributed by atoms with van der Waals surface area (Å²) in [5, 5.41) is 4.48. The van der Waals surface area contributed by atoms with Crippen LogP contribution in [0.1, 0.15) is 11.1 Å². The van der Waals surface area contributed by atoms with Gasteiger partial charge in [0.05, 0.1) is 10.4 Å². The zero-order chi connectivity index (χ0) is 17.9. The number of amidine groups is 1. The van der Waals surface area contributed by atoms with Crippen molar-refractivity contribution in [2.45, 2.75) is 6.54 Å². The fourth-order valence-corrected chi connectivity index (χ4v) is 3.36. The quantitative estimate of drug-likeness (QED) is 0.720. The monoisotopic (exact) mass is 364 g/mol. The number of aromatic nitrogens is 2. The van der Waals surface area contributed by atoms with Gasteiger partial charge in [-0.1, -0.05) is 18.2 Å². The van der Waals surface area contributed by atoms with Gasteiger partial charge in [0, 0.05) is 18.1 Å². The van der Waals surface area contributed by atoms with Crippen molar-refractivity contribution < 1.29 is 9.18 Å². The van der Waals surface area contributed by atoms with E-state index in [1.807, 2.05) is 24.3 Å². The van der Waals surface area contributed by atoms with Gasteiger partial charge in [0.1, 0.15) is 12.1 Å². The summed E-state index contributed by atoms with van der Waals surface area (Å²) in [6, 6.07) is 12.0. The molecule has 1 aromatic heterocycles. The third-order valence-corrected chi connectivity index (χ3v) is 4.72. The van der Waals surface area contributed by atoms with Crippen LogP contribution in [0.25, 0.3) is 17.0 Å². The number of aliphatic imine (C=N–C) groups is 1. The molecule has 0 saturated heterocycles. The second-order valence-electron chi connectivity index (χ2n) is 5.66. The van der Waals surface area contributed by atoms with Crippen LogP contribution in [0.2, 0.25) is 0 Å². The van der Waals surface area contributed by atoms with Crippen LogP contribution in [0.3, 0.4) is 0 Å². The maximum atomic E-state index is 13.2. The molecule has 1 aliphatic heterocycles. The molecule has 26 heavy (non-hydrogen) atoms. The van der Waals surface area contributed by atoms with Gasteiger partial charge < -0.3 is 5.32 Å². The van der Waals surface area contributed by atoms with Crippen molar-refractivity contribution in [1.82, 2.24) is 15.3 Å². The van der Waals surface area contributed by atoms with Crippen molar-refractivity contribution in [2.24, 2.45) is 4.99 Å². The summed E-state index contributed by atoms with van der Waals surface area (Å²) in [7, 11) is 0. The van der Waals surface area contributed by atoms with Gasteiger partial charge in [-0.15, -0.1) is 0 Å². The molecule has 1 aliphatic rings. The lowest BCUT2D eigenvalue weighted by molar-refractivity contribution is -0.113. The van der Waals surface area contributed by atoms with Crippen LogP contribution in [-0.4, -0.2) is 21.0 Å². The summed E-state index contributed by atoms with van der Waals surface area (Å²) in [5.74, 6) is -0.580. The molecule has 0 fully saturated rings. The van der Waals surface area contributed by atoms with Crippen LogP contribution in [0.4, 0.5) is 4.39 Å². The summed E-state index contributed by atoms with van der Waals surface area (Å²) in [4.78, 5) is 24.8. The van der Waals surface area contributed by atoms with E-state index in [-0.39, 0.29) is 11.7 Å². The molecule has 2 heterocycles. The van der Waals surface area contributed by atoms with E-state index < -0.39 is 0 Å². The lowest BCUT2D eigenvalue weighted by Gasteiger charge is -2.04. The second kappa shape index (κ2) is 7.05. The van der Waals surface area contributed by atoms with Gasteiger partial charge in [-0.2, -0.15) is 4.99 Å². The van der Waals surface area contributed by atoms with Gasteiger partial charge in [-0.25, -0.2) is 14.4 Å². The van der Waals surface area contributed by atoms with E-state index in [4.69, 9.17) is 0 Å². The molecule has 0 unspecified atom stereocenters. The van der Waals surface area contributed by atoms with Gasteiger partial charge in [-0.05, 0) is 53.2 Å². The Balaban J connectivity index is 1.47. The summed E-state index contributed by atoms with van der Waals surface area (Å²) in [6.07, 6.45) is 5.03.